The van der Waals surface area contributed by atoms with Crippen LogP contribution in [-0.4, -0.2) is 87.6 Å². The van der Waals surface area contributed by atoms with Gasteiger partial charge in [-0.15, -0.1) is 0 Å². The van der Waals surface area contributed by atoms with Crippen LogP contribution in [0.3, 0.4) is 0 Å². The van der Waals surface area contributed by atoms with Crippen LogP contribution in [0.1, 0.15) is 29.2 Å². The van der Waals surface area contributed by atoms with Gasteiger partial charge in [0.05, 0.1) is 46.7 Å². The highest BCUT2D eigenvalue weighted by atomic mass is 16.5. The summed E-state index contributed by atoms with van der Waals surface area (Å²) in [7, 11) is 6.49. The molecular weight excluding hydrogens is 520 g/mol. The van der Waals surface area contributed by atoms with Gasteiger partial charge in [0.1, 0.15) is 23.0 Å². The van der Waals surface area contributed by atoms with Crippen LogP contribution in [-0.2, 0) is 11.3 Å². The Kier molecular flexibility index (Phi) is 9.06. The van der Waals surface area contributed by atoms with Gasteiger partial charge < -0.3 is 18.9 Å². The minimum atomic E-state index is -0.329. The summed E-state index contributed by atoms with van der Waals surface area (Å²) in [5.41, 5.74) is 3.78. The van der Waals surface area contributed by atoms with Gasteiger partial charge in [0, 0.05) is 62.4 Å². The maximum atomic E-state index is 13.9. The average Bonchev–Trinajstić information content (AvgIpc) is 3.47. The minimum absolute atomic E-state index is 0.0492. The number of carbonyl (C=O) groups is 1. The minimum Gasteiger partial charge on any atom is -0.497 e. The molecule has 0 unspecified atom stereocenters. The number of hydrazone groups is 1. The van der Waals surface area contributed by atoms with Crippen LogP contribution in [0, 0.1) is 0 Å². The van der Waals surface area contributed by atoms with E-state index in [1.165, 1.54) is 5.56 Å². The van der Waals surface area contributed by atoms with E-state index in [0.717, 1.165) is 49.6 Å². The van der Waals surface area contributed by atoms with Crippen molar-refractivity contribution in [3.63, 3.8) is 0 Å². The van der Waals surface area contributed by atoms with Gasteiger partial charge in [-0.25, -0.2) is 5.01 Å². The lowest BCUT2D eigenvalue weighted by Gasteiger charge is -2.35. The lowest BCUT2D eigenvalue weighted by atomic mass is 9.97. The van der Waals surface area contributed by atoms with Crippen molar-refractivity contribution >= 4 is 11.6 Å². The van der Waals surface area contributed by atoms with Crippen LogP contribution in [0.5, 0.6) is 23.0 Å². The van der Waals surface area contributed by atoms with Gasteiger partial charge in [0.15, 0.2) is 0 Å². The standard InChI is InChI=1S/C32H38N4O5/c1-38-24-10-12-26(30(18-24)40-3)28-20-29(27-13-11-25(39-2)19-31(27)41-4)36(33-28)32(37)22-35-16-14-34(15-17-35)21-23-8-6-5-7-9-23/h5-13,18-19,29H,14-17,20-22H2,1-4H3/t29-/m0/s1. The quantitative estimate of drug-likeness (QED) is 0.369. The van der Waals surface area contributed by atoms with Crippen LogP contribution in [0.2, 0.25) is 0 Å². The van der Waals surface area contributed by atoms with Crippen LogP contribution >= 0.6 is 0 Å². The van der Waals surface area contributed by atoms with Crippen molar-refractivity contribution in [1.29, 1.82) is 0 Å². The molecule has 0 spiro atoms. The monoisotopic (exact) mass is 558 g/mol. The first-order valence-corrected chi connectivity index (χ1v) is 13.9. The first-order valence-electron chi connectivity index (χ1n) is 13.9. The van der Waals surface area contributed by atoms with Gasteiger partial charge in [0.25, 0.3) is 5.91 Å². The Labute approximate surface area is 241 Å². The van der Waals surface area contributed by atoms with Crippen molar-refractivity contribution in [2.75, 3.05) is 61.2 Å². The smallest absolute Gasteiger partial charge is 0.257 e. The molecule has 5 rings (SSSR count). The van der Waals surface area contributed by atoms with Crippen molar-refractivity contribution in [1.82, 2.24) is 14.8 Å². The van der Waals surface area contributed by atoms with E-state index >= 15 is 0 Å². The first-order chi connectivity index (χ1) is 20.0. The molecule has 3 aromatic carbocycles. The Balaban J connectivity index is 1.36. The number of piperazine rings is 1. The molecule has 3 aromatic rings. The topological polar surface area (TPSA) is 76.1 Å². The molecular formula is C32H38N4O5. The summed E-state index contributed by atoms with van der Waals surface area (Å²) in [4.78, 5) is 18.5. The molecule has 216 valence electrons. The summed E-state index contributed by atoms with van der Waals surface area (Å²) in [6.07, 6.45) is 0.516. The summed E-state index contributed by atoms with van der Waals surface area (Å²) in [6, 6.07) is 21.5. The van der Waals surface area contributed by atoms with E-state index in [-0.39, 0.29) is 11.9 Å². The Bertz CT molecular complexity index is 1370. The average molecular weight is 559 g/mol. The number of rotatable bonds is 10. The number of ether oxygens (including phenoxy) is 4. The van der Waals surface area contributed by atoms with E-state index in [0.29, 0.717) is 36.0 Å². The summed E-state index contributed by atoms with van der Waals surface area (Å²) in [5, 5.41) is 6.51. The lowest BCUT2D eigenvalue weighted by molar-refractivity contribution is -0.134. The molecule has 0 bridgehead atoms. The highest BCUT2D eigenvalue weighted by Gasteiger charge is 2.36. The van der Waals surface area contributed by atoms with Gasteiger partial charge in [-0.05, 0) is 29.8 Å². The van der Waals surface area contributed by atoms with E-state index in [1.54, 1.807) is 33.4 Å². The van der Waals surface area contributed by atoms with Crippen molar-refractivity contribution in [3.8, 4) is 23.0 Å². The molecule has 1 fully saturated rings. The lowest BCUT2D eigenvalue weighted by Crippen LogP contribution is -2.49. The fourth-order valence-corrected chi connectivity index (χ4v) is 5.49. The van der Waals surface area contributed by atoms with Crippen LogP contribution in [0.25, 0.3) is 0 Å². The molecule has 1 atom stereocenters. The SMILES string of the molecule is COc1ccc(C2=NN(C(=O)CN3CCN(Cc4ccccc4)CC3)[C@H](c3ccc(OC)cc3OC)C2)c(OC)c1. The van der Waals surface area contributed by atoms with E-state index in [2.05, 4.69) is 34.1 Å². The van der Waals surface area contributed by atoms with Gasteiger partial charge >= 0.3 is 0 Å². The van der Waals surface area contributed by atoms with Crippen LogP contribution in [0.15, 0.2) is 71.8 Å². The third-order valence-corrected chi connectivity index (χ3v) is 7.76. The molecule has 2 aliphatic heterocycles. The highest BCUT2D eigenvalue weighted by molar-refractivity contribution is 6.05. The van der Waals surface area contributed by atoms with E-state index in [4.69, 9.17) is 24.0 Å². The van der Waals surface area contributed by atoms with Gasteiger partial charge in [-0.3, -0.25) is 14.6 Å². The second kappa shape index (κ2) is 13.1. The third-order valence-electron chi connectivity index (χ3n) is 7.76. The fraction of sp³-hybridized carbons (Fsp3) is 0.375. The Morgan fingerprint density at radius 3 is 2.07 bits per heavy atom. The van der Waals surface area contributed by atoms with Crippen molar-refractivity contribution in [3.05, 3.63) is 83.4 Å². The zero-order chi connectivity index (χ0) is 28.8. The number of nitrogens with zero attached hydrogens (tertiary/aromatic N) is 4. The highest BCUT2D eigenvalue weighted by Crippen LogP contribution is 2.40. The summed E-state index contributed by atoms with van der Waals surface area (Å²) in [5.74, 6) is 2.63. The summed E-state index contributed by atoms with van der Waals surface area (Å²) >= 11 is 0. The Hall–Kier alpha value is -4.08. The number of carbonyl (C=O) groups excluding carboxylic acids is 1. The normalized spacial score (nSPS) is 17.7. The fourth-order valence-electron chi connectivity index (χ4n) is 5.49. The third kappa shape index (κ3) is 6.47. The van der Waals surface area contributed by atoms with Crippen molar-refractivity contribution in [2.45, 2.75) is 19.0 Å². The molecule has 0 N–H and O–H groups in total. The van der Waals surface area contributed by atoms with Gasteiger partial charge in [0.2, 0.25) is 0 Å². The van der Waals surface area contributed by atoms with Gasteiger partial charge in [-0.1, -0.05) is 30.3 Å². The summed E-state index contributed by atoms with van der Waals surface area (Å²) < 4.78 is 22.2. The molecule has 9 nitrogen and oxygen atoms in total. The Morgan fingerprint density at radius 2 is 1.41 bits per heavy atom. The number of amides is 1. The molecule has 2 aliphatic rings. The number of benzene rings is 3. The molecule has 0 aromatic heterocycles. The molecule has 1 saturated heterocycles. The summed E-state index contributed by atoms with van der Waals surface area (Å²) in [6.45, 7) is 4.69. The Morgan fingerprint density at radius 1 is 0.780 bits per heavy atom. The molecule has 0 aliphatic carbocycles. The van der Waals surface area contributed by atoms with Crippen molar-refractivity contribution < 1.29 is 23.7 Å². The van der Waals surface area contributed by atoms with Gasteiger partial charge in [-0.2, -0.15) is 5.10 Å². The second-order valence-electron chi connectivity index (χ2n) is 10.2. The predicted octanol–water partition coefficient (Wildman–Crippen LogP) is 4.22. The van der Waals surface area contributed by atoms with E-state index in [9.17, 15) is 4.79 Å². The largest absolute Gasteiger partial charge is 0.497 e. The number of methoxy groups -OCH3 is 4. The zero-order valence-electron chi connectivity index (χ0n) is 24.2. The second-order valence-corrected chi connectivity index (χ2v) is 10.2. The molecule has 0 saturated carbocycles. The first kappa shape index (κ1) is 28.4. The number of hydrogen-bond donors (Lipinski definition) is 0. The maximum Gasteiger partial charge on any atom is 0.257 e. The van der Waals surface area contributed by atoms with Crippen LogP contribution < -0.4 is 18.9 Å². The van der Waals surface area contributed by atoms with Crippen LogP contribution in [0.4, 0.5) is 0 Å². The molecule has 9 heteroatoms. The number of hydrogen-bond acceptors (Lipinski definition) is 8. The molecule has 2 heterocycles. The molecule has 41 heavy (non-hydrogen) atoms. The maximum absolute atomic E-state index is 13.9. The molecule has 1 amide bonds. The zero-order valence-corrected chi connectivity index (χ0v) is 24.2. The van der Waals surface area contributed by atoms with E-state index in [1.807, 2.05) is 42.5 Å². The molecule has 0 radical (unpaired) electrons. The predicted molar refractivity (Wildman–Crippen MR) is 158 cm³/mol. The van der Waals surface area contributed by atoms with E-state index < -0.39 is 0 Å². The van der Waals surface area contributed by atoms with Crippen molar-refractivity contribution in [2.24, 2.45) is 5.10 Å².